The predicted molar refractivity (Wildman–Crippen MR) is 125 cm³/mol. The summed E-state index contributed by atoms with van der Waals surface area (Å²) in [5.74, 6) is -0.555. The molecule has 0 aliphatic rings. The van der Waals surface area contributed by atoms with Gasteiger partial charge in [0.15, 0.2) is 0 Å². The van der Waals surface area contributed by atoms with E-state index in [1.54, 1.807) is 47.5 Å². The number of carbonyl (C=O) groups is 1. The lowest BCUT2D eigenvalue weighted by Gasteiger charge is -2.12. The Morgan fingerprint density at radius 3 is 2.50 bits per heavy atom. The molecule has 0 radical (unpaired) electrons. The summed E-state index contributed by atoms with van der Waals surface area (Å²) >= 11 is 0. The molecule has 0 fully saturated rings. The van der Waals surface area contributed by atoms with Crippen molar-refractivity contribution >= 4 is 32.7 Å². The number of pyridine rings is 2. The molecule has 0 aliphatic carbocycles. The molecule has 0 aliphatic heterocycles. The molecule has 4 rings (SSSR count). The highest BCUT2D eigenvalue weighted by Gasteiger charge is 2.15. The van der Waals surface area contributed by atoms with Crippen LogP contribution in [0.15, 0.2) is 61.2 Å². The zero-order valence-electron chi connectivity index (χ0n) is 18.4. The first-order valence-corrected chi connectivity index (χ1v) is 11.8. The van der Waals surface area contributed by atoms with Crippen molar-refractivity contribution in [1.29, 1.82) is 0 Å². The molecule has 0 unspecified atom stereocenters. The van der Waals surface area contributed by atoms with Gasteiger partial charge >= 0.3 is 0 Å². The average Bonchev–Trinajstić information content (AvgIpc) is 3.26. The number of anilines is 1. The lowest BCUT2D eigenvalue weighted by Crippen LogP contribution is -2.28. The summed E-state index contributed by atoms with van der Waals surface area (Å²) in [5, 5.41) is 10.5. The van der Waals surface area contributed by atoms with Crippen molar-refractivity contribution in [3.05, 3.63) is 78.1 Å². The van der Waals surface area contributed by atoms with Gasteiger partial charge in [0.05, 0.1) is 29.2 Å². The van der Waals surface area contributed by atoms with Crippen LogP contribution in [0.4, 0.5) is 10.2 Å². The summed E-state index contributed by atoms with van der Waals surface area (Å²) < 4.78 is 39.6. The van der Waals surface area contributed by atoms with E-state index in [9.17, 15) is 17.6 Å². The number of aromatic nitrogens is 4. The molecule has 1 aromatic carbocycles. The fourth-order valence-electron chi connectivity index (χ4n) is 3.12. The van der Waals surface area contributed by atoms with Crippen molar-refractivity contribution < 1.29 is 17.6 Å². The van der Waals surface area contributed by atoms with Crippen molar-refractivity contribution in [1.82, 2.24) is 29.4 Å². The fourth-order valence-corrected chi connectivity index (χ4v) is 3.70. The number of rotatable bonds is 8. The second kappa shape index (κ2) is 9.53. The molecule has 10 nitrogen and oxygen atoms in total. The number of halogens is 1. The van der Waals surface area contributed by atoms with E-state index in [0.29, 0.717) is 28.0 Å². The summed E-state index contributed by atoms with van der Waals surface area (Å²) in [6.07, 6.45) is 6.18. The molecule has 0 spiro atoms. The fraction of sp³-hybridized carbons (Fsp3) is 0.182. The summed E-state index contributed by atoms with van der Waals surface area (Å²) in [6.45, 7) is 0.213. The number of amides is 1. The number of nitrogens with zero attached hydrogens (tertiary/aromatic N) is 5. The van der Waals surface area contributed by atoms with Gasteiger partial charge in [0.2, 0.25) is 10.0 Å². The number of fused-ring (bicyclic) bond motifs is 1. The predicted octanol–water partition coefficient (Wildman–Crippen LogP) is 2.15. The maximum absolute atomic E-state index is 13.2. The Labute approximate surface area is 195 Å². The molecule has 176 valence electrons. The first-order chi connectivity index (χ1) is 16.2. The first kappa shape index (κ1) is 23.3. The molecule has 3 aromatic heterocycles. The van der Waals surface area contributed by atoms with Crippen molar-refractivity contribution in [2.45, 2.75) is 6.54 Å². The highest BCUT2D eigenvalue weighted by atomic mass is 32.2. The number of nitrogens with one attached hydrogen (secondary N) is 2. The van der Waals surface area contributed by atoms with Gasteiger partial charge in [-0.3, -0.25) is 9.78 Å². The van der Waals surface area contributed by atoms with E-state index in [4.69, 9.17) is 0 Å². The second-order valence-corrected chi connectivity index (χ2v) is 9.79. The van der Waals surface area contributed by atoms with Gasteiger partial charge in [-0.1, -0.05) is 6.07 Å². The Morgan fingerprint density at radius 2 is 1.82 bits per heavy atom. The molecular weight excluding hydrogens is 461 g/mol. The van der Waals surface area contributed by atoms with Gasteiger partial charge in [-0.05, 0) is 35.9 Å². The van der Waals surface area contributed by atoms with Crippen molar-refractivity contribution in [3.8, 4) is 5.69 Å². The summed E-state index contributed by atoms with van der Waals surface area (Å²) in [7, 11) is -0.482. The molecule has 12 heteroatoms. The SMILES string of the molecule is CN(C)S(=O)(=O)CNc1ccc(CNC(=O)c2cncc3c2cnn3-c2ccc(F)cc2)cn1. The van der Waals surface area contributed by atoms with Gasteiger partial charge in [0, 0.05) is 38.4 Å². The number of sulfonamides is 1. The number of carbonyl (C=O) groups excluding carboxylic acids is 1. The minimum atomic E-state index is -3.40. The first-order valence-electron chi connectivity index (χ1n) is 10.2. The number of hydrogen-bond donors (Lipinski definition) is 2. The molecule has 0 bridgehead atoms. The van der Waals surface area contributed by atoms with Gasteiger partial charge in [-0.25, -0.2) is 26.8 Å². The number of hydrogen-bond acceptors (Lipinski definition) is 7. The van der Waals surface area contributed by atoms with E-state index in [0.717, 1.165) is 9.87 Å². The molecule has 34 heavy (non-hydrogen) atoms. The van der Waals surface area contributed by atoms with Crippen LogP contribution < -0.4 is 10.6 Å². The number of benzene rings is 1. The van der Waals surface area contributed by atoms with Gasteiger partial charge < -0.3 is 10.6 Å². The Hall–Kier alpha value is -3.90. The van der Waals surface area contributed by atoms with E-state index in [1.165, 1.54) is 32.4 Å². The third kappa shape index (κ3) is 5.02. The largest absolute Gasteiger partial charge is 0.355 e. The minimum Gasteiger partial charge on any atom is -0.355 e. The van der Waals surface area contributed by atoms with Crippen LogP contribution >= 0.6 is 0 Å². The average molecular weight is 484 g/mol. The Bertz CT molecular complexity index is 1420. The maximum Gasteiger partial charge on any atom is 0.253 e. The van der Waals surface area contributed by atoms with Crippen molar-refractivity contribution in [2.24, 2.45) is 0 Å². The third-order valence-corrected chi connectivity index (χ3v) is 6.70. The van der Waals surface area contributed by atoms with Crippen LogP contribution in [-0.4, -0.2) is 58.4 Å². The molecule has 2 N–H and O–H groups in total. The van der Waals surface area contributed by atoms with Crippen molar-refractivity contribution in [3.63, 3.8) is 0 Å². The quantitative estimate of drug-likeness (QED) is 0.394. The normalized spacial score (nSPS) is 11.6. The van der Waals surface area contributed by atoms with Gasteiger partial charge in [0.25, 0.3) is 5.91 Å². The van der Waals surface area contributed by atoms with Gasteiger partial charge in [-0.15, -0.1) is 0 Å². The Kier molecular flexibility index (Phi) is 6.52. The van der Waals surface area contributed by atoms with E-state index in [1.807, 2.05) is 0 Å². The van der Waals surface area contributed by atoms with Gasteiger partial charge in [-0.2, -0.15) is 5.10 Å². The topological polar surface area (TPSA) is 122 Å². The lowest BCUT2D eigenvalue weighted by atomic mass is 10.1. The molecule has 3 heterocycles. The van der Waals surface area contributed by atoms with Gasteiger partial charge in [0.1, 0.15) is 17.5 Å². The molecule has 0 saturated carbocycles. The second-order valence-electron chi connectivity index (χ2n) is 7.60. The summed E-state index contributed by atoms with van der Waals surface area (Å²) in [5.41, 5.74) is 2.35. The van der Waals surface area contributed by atoms with Crippen LogP contribution in [0.2, 0.25) is 0 Å². The molecule has 0 atom stereocenters. The van der Waals surface area contributed by atoms with E-state index in [2.05, 4.69) is 25.7 Å². The van der Waals surface area contributed by atoms with Crippen LogP contribution in [0.3, 0.4) is 0 Å². The van der Waals surface area contributed by atoms with Crippen LogP contribution in [0.25, 0.3) is 16.6 Å². The van der Waals surface area contributed by atoms with Crippen LogP contribution in [0.5, 0.6) is 0 Å². The van der Waals surface area contributed by atoms with Crippen LogP contribution in [0.1, 0.15) is 15.9 Å². The van der Waals surface area contributed by atoms with Crippen LogP contribution in [0, 0.1) is 5.82 Å². The Balaban J connectivity index is 1.43. The highest BCUT2D eigenvalue weighted by Crippen LogP contribution is 2.21. The molecule has 1 amide bonds. The van der Waals surface area contributed by atoms with Crippen LogP contribution in [-0.2, 0) is 16.6 Å². The minimum absolute atomic E-state index is 0.213. The summed E-state index contributed by atoms with van der Waals surface area (Å²) in [6, 6.07) is 9.24. The highest BCUT2D eigenvalue weighted by molar-refractivity contribution is 7.89. The monoisotopic (exact) mass is 483 g/mol. The van der Waals surface area contributed by atoms with E-state index < -0.39 is 10.0 Å². The third-order valence-electron chi connectivity index (χ3n) is 5.08. The molecule has 4 aromatic rings. The van der Waals surface area contributed by atoms with Crippen molar-refractivity contribution in [2.75, 3.05) is 25.3 Å². The van der Waals surface area contributed by atoms with E-state index >= 15 is 0 Å². The smallest absolute Gasteiger partial charge is 0.253 e. The maximum atomic E-state index is 13.2. The lowest BCUT2D eigenvalue weighted by molar-refractivity contribution is 0.0952. The standard InChI is InChI=1S/C22H22FN7O3S/c1-29(2)34(32,33)14-27-21-8-3-15(9-25-21)10-26-22(31)19-11-24-13-20-18(19)12-28-30(20)17-6-4-16(23)5-7-17/h3-9,11-13H,10,14H2,1-2H3,(H,25,27)(H,26,31). The zero-order valence-corrected chi connectivity index (χ0v) is 19.3. The molecule has 0 saturated heterocycles. The van der Waals surface area contributed by atoms with E-state index in [-0.39, 0.29) is 24.1 Å². The molecular formula is C22H22FN7O3S. The zero-order chi connectivity index (χ0) is 24.3. The Morgan fingerprint density at radius 1 is 1.06 bits per heavy atom. The summed E-state index contributed by atoms with van der Waals surface area (Å²) in [4.78, 5) is 21.2.